The summed E-state index contributed by atoms with van der Waals surface area (Å²) in [6.07, 6.45) is 0. The van der Waals surface area contributed by atoms with Gasteiger partial charge in [0.15, 0.2) is 5.69 Å². The first kappa shape index (κ1) is 17.2. The zero-order valence-corrected chi connectivity index (χ0v) is 14.7. The van der Waals surface area contributed by atoms with Crippen LogP contribution in [0.25, 0.3) is 17.1 Å². The number of amides is 1. The van der Waals surface area contributed by atoms with E-state index in [0.717, 1.165) is 0 Å². The molecule has 10 heteroatoms. The van der Waals surface area contributed by atoms with Crippen molar-refractivity contribution in [3.05, 3.63) is 60.3 Å². The van der Waals surface area contributed by atoms with Crippen molar-refractivity contribution in [2.45, 2.75) is 0 Å². The highest BCUT2D eigenvalue weighted by atomic mass is 16.6. The number of nitrogens with zero attached hydrogens (tertiary/aromatic N) is 5. The summed E-state index contributed by atoms with van der Waals surface area (Å²) in [7, 11) is 1.52. The Bertz CT molecular complexity index is 1120. The predicted molar refractivity (Wildman–Crippen MR) is 100 cm³/mol. The molecule has 0 aliphatic rings. The first-order valence-electron chi connectivity index (χ1n) is 8.23. The maximum absolute atomic E-state index is 13.0. The molecule has 0 aliphatic carbocycles. The summed E-state index contributed by atoms with van der Waals surface area (Å²) in [6.45, 7) is 0. The fourth-order valence-corrected chi connectivity index (χ4v) is 2.71. The first-order valence-corrected chi connectivity index (χ1v) is 8.23. The van der Waals surface area contributed by atoms with Gasteiger partial charge in [0.2, 0.25) is 11.6 Å². The van der Waals surface area contributed by atoms with Gasteiger partial charge in [0.25, 0.3) is 5.91 Å². The molecule has 0 saturated carbocycles. The van der Waals surface area contributed by atoms with Crippen molar-refractivity contribution in [2.24, 2.45) is 0 Å². The third-order valence-electron chi connectivity index (χ3n) is 3.98. The number of aromatic nitrogens is 5. The van der Waals surface area contributed by atoms with Crippen molar-refractivity contribution in [1.29, 1.82) is 0 Å². The molecule has 0 unspecified atom stereocenters. The van der Waals surface area contributed by atoms with Gasteiger partial charge in [-0.15, -0.1) is 5.10 Å². The Morgan fingerprint density at radius 1 is 1.11 bits per heavy atom. The number of nitrogens with one attached hydrogen (secondary N) is 1. The van der Waals surface area contributed by atoms with E-state index in [1.165, 1.54) is 11.8 Å². The second kappa shape index (κ2) is 7.19. The highest BCUT2D eigenvalue weighted by Gasteiger charge is 2.25. The van der Waals surface area contributed by atoms with Crippen LogP contribution in [0.5, 0.6) is 5.75 Å². The molecule has 0 radical (unpaired) electrons. The van der Waals surface area contributed by atoms with Gasteiger partial charge in [-0.1, -0.05) is 47.7 Å². The van der Waals surface area contributed by atoms with Crippen molar-refractivity contribution in [3.8, 4) is 22.8 Å². The minimum atomic E-state index is -0.468. The number of hydrogen-bond acceptors (Lipinski definition) is 8. The molecule has 0 atom stereocenters. The number of ether oxygens (including phenoxy) is 1. The minimum absolute atomic E-state index is 0.0266. The van der Waals surface area contributed by atoms with E-state index in [0.29, 0.717) is 22.7 Å². The van der Waals surface area contributed by atoms with Crippen molar-refractivity contribution in [2.75, 3.05) is 18.2 Å². The molecule has 0 saturated heterocycles. The van der Waals surface area contributed by atoms with Gasteiger partial charge in [0, 0.05) is 5.56 Å². The Morgan fingerprint density at radius 2 is 1.86 bits per heavy atom. The van der Waals surface area contributed by atoms with Crippen LogP contribution < -0.4 is 15.8 Å². The van der Waals surface area contributed by atoms with Gasteiger partial charge in [-0.05, 0) is 22.4 Å². The Hall–Kier alpha value is -4.21. The third-order valence-corrected chi connectivity index (χ3v) is 3.98. The normalized spacial score (nSPS) is 10.6. The summed E-state index contributed by atoms with van der Waals surface area (Å²) in [6, 6.07) is 16.2. The highest BCUT2D eigenvalue weighted by Crippen LogP contribution is 2.28. The molecular weight excluding hydrogens is 362 g/mol. The SMILES string of the molecule is COc1ccccc1NC(=O)c1nnn(-c2nonc2N)c1-c1ccccc1. The molecule has 140 valence electrons. The van der Waals surface area contributed by atoms with E-state index in [1.54, 1.807) is 24.3 Å². The van der Waals surface area contributed by atoms with Crippen molar-refractivity contribution < 1.29 is 14.2 Å². The number of methoxy groups -OCH3 is 1. The lowest BCUT2D eigenvalue weighted by Gasteiger charge is -2.10. The number of benzene rings is 2. The summed E-state index contributed by atoms with van der Waals surface area (Å²) in [5.74, 6) is 0.223. The molecule has 2 heterocycles. The number of anilines is 2. The molecule has 0 fully saturated rings. The van der Waals surface area contributed by atoms with Gasteiger partial charge in [-0.2, -0.15) is 4.68 Å². The third kappa shape index (κ3) is 3.03. The van der Waals surface area contributed by atoms with Crippen LogP contribution in [-0.2, 0) is 0 Å². The van der Waals surface area contributed by atoms with E-state index in [-0.39, 0.29) is 17.3 Å². The minimum Gasteiger partial charge on any atom is -0.495 e. The van der Waals surface area contributed by atoms with E-state index in [2.05, 4.69) is 30.6 Å². The lowest BCUT2D eigenvalue weighted by atomic mass is 10.1. The van der Waals surface area contributed by atoms with Crippen LogP contribution in [-0.4, -0.2) is 38.3 Å². The van der Waals surface area contributed by atoms with Crippen LogP contribution in [0.1, 0.15) is 10.5 Å². The average Bonchev–Trinajstić information content (AvgIpc) is 3.35. The van der Waals surface area contributed by atoms with Gasteiger partial charge in [-0.25, -0.2) is 4.63 Å². The van der Waals surface area contributed by atoms with Gasteiger partial charge in [-0.3, -0.25) is 4.79 Å². The van der Waals surface area contributed by atoms with Crippen LogP contribution in [0.3, 0.4) is 0 Å². The standard InChI is InChI=1S/C18H15N7O3/c1-27-13-10-6-5-9-12(13)20-18(26)14-15(11-7-3-2-4-8-11)25(24-21-14)17-16(19)22-28-23-17/h2-10H,1H3,(H2,19,22)(H,20,26). The van der Waals surface area contributed by atoms with E-state index in [1.807, 2.05) is 30.3 Å². The second-order valence-corrected chi connectivity index (χ2v) is 5.69. The average molecular weight is 377 g/mol. The van der Waals surface area contributed by atoms with Crippen LogP contribution in [0, 0.1) is 0 Å². The Balaban J connectivity index is 1.80. The van der Waals surface area contributed by atoms with Gasteiger partial charge < -0.3 is 15.8 Å². The molecule has 4 aromatic rings. The summed E-state index contributed by atoms with van der Waals surface area (Å²) in [5, 5.41) is 18.2. The van der Waals surface area contributed by atoms with Crippen LogP contribution in [0.2, 0.25) is 0 Å². The Kier molecular flexibility index (Phi) is 4.42. The predicted octanol–water partition coefficient (Wildman–Crippen LogP) is 2.16. The molecule has 0 spiro atoms. The van der Waals surface area contributed by atoms with Crippen molar-refractivity contribution in [3.63, 3.8) is 0 Å². The van der Waals surface area contributed by atoms with Crippen LogP contribution >= 0.6 is 0 Å². The molecule has 1 amide bonds. The number of carbonyl (C=O) groups is 1. The zero-order valence-electron chi connectivity index (χ0n) is 14.7. The van der Waals surface area contributed by atoms with Crippen molar-refractivity contribution in [1.82, 2.24) is 25.3 Å². The van der Waals surface area contributed by atoms with Crippen molar-refractivity contribution >= 4 is 17.4 Å². The van der Waals surface area contributed by atoms with Gasteiger partial charge in [0.05, 0.1) is 12.8 Å². The molecule has 3 N–H and O–H groups in total. The van der Waals surface area contributed by atoms with Crippen LogP contribution in [0.4, 0.5) is 11.5 Å². The molecule has 2 aromatic carbocycles. The maximum atomic E-state index is 13.0. The maximum Gasteiger partial charge on any atom is 0.278 e. The van der Waals surface area contributed by atoms with Gasteiger partial charge in [0.1, 0.15) is 11.4 Å². The van der Waals surface area contributed by atoms with E-state index >= 15 is 0 Å². The molecule has 10 nitrogen and oxygen atoms in total. The monoisotopic (exact) mass is 377 g/mol. The lowest BCUT2D eigenvalue weighted by Crippen LogP contribution is -2.15. The topological polar surface area (TPSA) is 134 Å². The number of rotatable bonds is 5. The molecule has 0 bridgehead atoms. The van der Waals surface area contributed by atoms with Crippen LogP contribution in [0.15, 0.2) is 59.2 Å². The smallest absolute Gasteiger partial charge is 0.278 e. The largest absolute Gasteiger partial charge is 0.495 e. The number of nitrogen functional groups attached to an aromatic ring is 1. The second-order valence-electron chi connectivity index (χ2n) is 5.69. The number of para-hydroxylation sites is 2. The Morgan fingerprint density at radius 3 is 2.57 bits per heavy atom. The molecule has 4 rings (SSSR count). The lowest BCUT2D eigenvalue weighted by molar-refractivity contribution is 0.102. The summed E-state index contributed by atoms with van der Waals surface area (Å²) < 4.78 is 11.2. The first-order chi connectivity index (χ1) is 13.7. The zero-order chi connectivity index (χ0) is 19.5. The number of hydrogen-bond donors (Lipinski definition) is 2. The van der Waals surface area contributed by atoms with E-state index in [9.17, 15) is 4.79 Å². The van der Waals surface area contributed by atoms with Gasteiger partial charge >= 0.3 is 0 Å². The molecule has 0 aliphatic heterocycles. The Labute approximate surface area is 158 Å². The summed E-state index contributed by atoms with van der Waals surface area (Å²) in [4.78, 5) is 13.0. The number of nitrogens with two attached hydrogens (primary N) is 1. The summed E-state index contributed by atoms with van der Waals surface area (Å²) in [5.41, 5.74) is 7.47. The molecular formula is C18H15N7O3. The molecule has 2 aromatic heterocycles. The highest BCUT2D eigenvalue weighted by molar-refractivity contribution is 6.07. The quantitative estimate of drug-likeness (QED) is 0.540. The fourth-order valence-electron chi connectivity index (χ4n) is 2.71. The molecule has 28 heavy (non-hydrogen) atoms. The van der Waals surface area contributed by atoms with E-state index in [4.69, 9.17) is 10.5 Å². The van der Waals surface area contributed by atoms with E-state index < -0.39 is 5.91 Å². The fraction of sp³-hybridized carbons (Fsp3) is 0.0556. The number of carbonyl (C=O) groups excluding carboxylic acids is 1. The summed E-state index contributed by atoms with van der Waals surface area (Å²) >= 11 is 0.